The third-order valence-corrected chi connectivity index (χ3v) is 5.09. The maximum atomic E-state index is 11.8. The van der Waals surface area contributed by atoms with Gasteiger partial charge in [-0.2, -0.15) is 0 Å². The molecule has 0 saturated carbocycles. The number of aliphatic hydroxyl groups excluding tert-OH is 1. The van der Waals surface area contributed by atoms with Gasteiger partial charge in [0.2, 0.25) is 0 Å². The van der Waals surface area contributed by atoms with E-state index in [-0.39, 0.29) is 5.76 Å². The van der Waals surface area contributed by atoms with E-state index in [1.165, 1.54) is 18.2 Å². The average molecular weight is 331 g/mol. The number of esters is 1. The Labute approximate surface area is 142 Å². The largest absolute Gasteiger partial charge is 0.512 e. The number of fused-ring (bicyclic) bond motifs is 1. The lowest BCUT2D eigenvalue weighted by molar-refractivity contribution is -0.136. The zero-order valence-electron chi connectivity index (χ0n) is 14.4. The van der Waals surface area contributed by atoms with Crippen LogP contribution in [0.15, 0.2) is 29.5 Å². The third-order valence-electron chi connectivity index (χ3n) is 5.09. The van der Waals surface area contributed by atoms with Crippen LogP contribution in [-0.2, 0) is 22.4 Å². The van der Waals surface area contributed by atoms with E-state index in [1.807, 2.05) is 6.07 Å². The molecular formula is C19H25NO4. The first-order valence-electron chi connectivity index (χ1n) is 8.48. The summed E-state index contributed by atoms with van der Waals surface area (Å²) in [6, 6.07) is 6.34. The summed E-state index contributed by atoms with van der Waals surface area (Å²) in [5, 5.41) is 9.92. The molecule has 0 radical (unpaired) electrons. The molecule has 0 aromatic heterocycles. The second kappa shape index (κ2) is 7.26. The fourth-order valence-electron chi connectivity index (χ4n) is 3.73. The second-order valence-corrected chi connectivity index (χ2v) is 6.65. The minimum atomic E-state index is -0.420. The molecule has 24 heavy (non-hydrogen) atoms. The van der Waals surface area contributed by atoms with Crippen LogP contribution in [0, 0.1) is 5.92 Å². The predicted octanol–water partition coefficient (Wildman–Crippen LogP) is 2.49. The molecule has 0 fully saturated rings. The van der Waals surface area contributed by atoms with Gasteiger partial charge in [-0.05, 0) is 48.4 Å². The van der Waals surface area contributed by atoms with Crippen molar-refractivity contribution in [3.8, 4) is 5.75 Å². The number of aryl methyl sites for hydroxylation is 1. The van der Waals surface area contributed by atoms with Crippen molar-refractivity contribution in [2.75, 3.05) is 33.9 Å². The number of ether oxygens (including phenoxy) is 2. The minimum Gasteiger partial charge on any atom is -0.512 e. The first kappa shape index (κ1) is 16.8. The van der Waals surface area contributed by atoms with Crippen LogP contribution < -0.4 is 4.74 Å². The number of hydrogen-bond acceptors (Lipinski definition) is 5. The molecular weight excluding hydrogens is 306 g/mol. The van der Waals surface area contributed by atoms with E-state index in [9.17, 15) is 9.90 Å². The molecule has 1 aliphatic heterocycles. The maximum absolute atomic E-state index is 11.8. The van der Waals surface area contributed by atoms with Crippen molar-refractivity contribution in [1.82, 2.24) is 4.90 Å². The van der Waals surface area contributed by atoms with E-state index in [1.54, 1.807) is 7.11 Å². The third kappa shape index (κ3) is 3.56. The number of hydrogen-bond donors (Lipinski definition) is 1. The highest BCUT2D eigenvalue weighted by molar-refractivity contribution is 5.89. The van der Waals surface area contributed by atoms with Crippen molar-refractivity contribution in [2.24, 2.45) is 5.92 Å². The van der Waals surface area contributed by atoms with Crippen LogP contribution in [0.3, 0.4) is 0 Å². The molecule has 0 amide bonds. The molecule has 130 valence electrons. The molecule has 1 N–H and O–H groups in total. The van der Waals surface area contributed by atoms with Gasteiger partial charge in [0.05, 0.1) is 19.8 Å². The summed E-state index contributed by atoms with van der Waals surface area (Å²) in [5.74, 6) is 1.23. The van der Waals surface area contributed by atoms with Crippen LogP contribution in [0.1, 0.15) is 24.0 Å². The van der Waals surface area contributed by atoms with Gasteiger partial charge >= 0.3 is 5.97 Å². The molecule has 1 aromatic rings. The van der Waals surface area contributed by atoms with E-state index < -0.39 is 5.97 Å². The van der Waals surface area contributed by atoms with Gasteiger partial charge in [0, 0.05) is 26.1 Å². The molecule has 5 nitrogen and oxygen atoms in total. The van der Waals surface area contributed by atoms with Crippen molar-refractivity contribution >= 4 is 5.97 Å². The molecule has 0 bridgehead atoms. The number of carbonyl (C=O) groups excluding carboxylic acids is 1. The van der Waals surface area contributed by atoms with E-state index >= 15 is 0 Å². The van der Waals surface area contributed by atoms with E-state index in [4.69, 9.17) is 9.47 Å². The van der Waals surface area contributed by atoms with Gasteiger partial charge in [0.15, 0.2) is 0 Å². The SMILES string of the molecule is COC(=O)C1=C(O)CCN(CC2CCc3ccc(OC)cc3C2)C1. The number of rotatable bonds is 4. The quantitative estimate of drug-likeness (QED) is 0.859. The van der Waals surface area contributed by atoms with Gasteiger partial charge in [0.1, 0.15) is 11.5 Å². The summed E-state index contributed by atoms with van der Waals surface area (Å²) < 4.78 is 10.1. The highest BCUT2D eigenvalue weighted by atomic mass is 16.5. The number of aliphatic hydroxyl groups is 1. The summed E-state index contributed by atoms with van der Waals surface area (Å²) in [7, 11) is 3.05. The Balaban J connectivity index is 1.64. The Morgan fingerprint density at radius 3 is 2.88 bits per heavy atom. The minimum absolute atomic E-state index is 0.178. The zero-order chi connectivity index (χ0) is 17.1. The van der Waals surface area contributed by atoms with Gasteiger partial charge < -0.3 is 14.6 Å². The lowest BCUT2D eigenvalue weighted by atomic mass is 9.83. The molecule has 5 heteroatoms. The monoisotopic (exact) mass is 331 g/mol. The number of methoxy groups -OCH3 is 2. The summed E-state index contributed by atoms with van der Waals surface area (Å²) in [4.78, 5) is 14.0. The summed E-state index contributed by atoms with van der Waals surface area (Å²) >= 11 is 0. The van der Waals surface area contributed by atoms with Gasteiger partial charge in [-0.3, -0.25) is 4.90 Å². The van der Waals surface area contributed by atoms with Gasteiger partial charge in [-0.15, -0.1) is 0 Å². The first-order chi connectivity index (χ1) is 11.6. The first-order valence-corrected chi connectivity index (χ1v) is 8.48. The molecule has 1 unspecified atom stereocenters. The smallest absolute Gasteiger partial charge is 0.338 e. The van der Waals surface area contributed by atoms with Crippen LogP contribution >= 0.6 is 0 Å². The molecule has 3 rings (SSSR count). The van der Waals surface area contributed by atoms with Crippen molar-refractivity contribution in [3.63, 3.8) is 0 Å². The maximum Gasteiger partial charge on any atom is 0.338 e. The number of benzene rings is 1. The lowest BCUT2D eigenvalue weighted by Crippen LogP contribution is -2.39. The Morgan fingerprint density at radius 1 is 1.29 bits per heavy atom. The van der Waals surface area contributed by atoms with Crippen molar-refractivity contribution in [3.05, 3.63) is 40.7 Å². The van der Waals surface area contributed by atoms with Gasteiger partial charge in [-0.25, -0.2) is 4.79 Å². The fraction of sp³-hybridized carbons (Fsp3) is 0.526. The fourth-order valence-corrected chi connectivity index (χ4v) is 3.73. The highest BCUT2D eigenvalue weighted by Crippen LogP contribution is 2.30. The Bertz CT molecular complexity index is 653. The summed E-state index contributed by atoms with van der Waals surface area (Å²) in [5.41, 5.74) is 3.19. The predicted molar refractivity (Wildman–Crippen MR) is 91.2 cm³/mol. The average Bonchev–Trinajstić information content (AvgIpc) is 2.62. The van der Waals surface area contributed by atoms with Crippen LogP contribution in [0.4, 0.5) is 0 Å². The van der Waals surface area contributed by atoms with E-state index in [0.717, 1.165) is 38.1 Å². The molecule has 1 aromatic carbocycles. The standard InChI is InChI=1S/C19H25NO4/c1-23-16-6-5-14-4-3-13(9-15(14)10-16)11-20-8-7-18(21)17(12-20)19(22)24-2/h5-6,10,13,21H,3-4,7-9,11-12H2,1-2H3. The molecule has 1 aliphatic carbocycles. The molecule has 0 saturated heterocycles. The normalized spacial score (nSPS) is 21.3. The number of carbonyl (C=O) groups is 1. The molecule has 1 atom stereocenters. The number of nitrogens with zero attached hydrogens (tertiary/aromatic N) is 1. The van der Waals surface area contributed by atoms with Crippen LogP contribution in [0.5, 0.6) is 5.75 Å². The second-order valence-electron chi connectivity index (χ2n) is 6.65. The van der Waals surface area contributed by atoms with Crippen molar-refractivity contribution in [1.29, 1.82) is 0 Å². The Hall–Kier alpha value is -2.01. The van der Waals surface area contributed by atoms with Gasteiger partial charge in [-0.1, -0.05) is 6.07 Å². The summed E-state index contributed by atoms with van der Waals surface area (Å²) in [6.45, 7) is 2.19. The molecule has 0 spiro atoms. The lowest BCUT2D eigenvalue weighted by Gasteiger charge is -2.33. The zero-order valence-corrected chi connectivity index (χ0v) is 14.4. The van der Waals surface area contributed by atoms with Crippen LogP contribution in [-0.4, -0.2) is 49.8 Å². The molecule has 2 aliphatic rings. The van der Waals surface area contributed by atoms with Crippen molar-refractivity contribution in [2.45, 2.75) is 25.7 Å². The Kier molecular flexibility index (Phi) is 5.09. The van der Waals surface area contributed by atoms with E-state index in [0.29, 0.717) is 24.5 Å². The van der Waals surface area contributed by atoms with E-state index in [2.05, 4.69) is 17.0 Å². The highest BCUT2D eigenvalue weighted by Gasteiger charge is 2.27. The topological polar surface area (TPSA) is 59.0 Å². The Morgan fingerprint density at radius 2 is 2.12 bits per heavy atom. The van der Waals surface area contributed by atoms with Crippen LogP contribution in [0.2, 0.25) is 0 Å². The van der Waals surface area contributed by atoms with Crippen LogP contribution in [0.25, 0.3) is 0 Å². The molecule has 1 heterocycles. The summed E-state index contributed by atoms with van der Waals surface area (Å²) in [6.07, 6.45) is 3.79. The van der Waals surface area contributed by atoms with Gasteiger partial charge in [0.25, 0.3) is 0 Å². The van der Waals surface area contributed by atoms with Crippen molar-refractivity contribution < 1.29 is 19.4 Å².